The Morgan fingerprint density at radius 1 is 1.09 bits per heavy atom. The second kappa shape index (κ2) is 6.22. The van der Waals surface area contributed by atoms with E-state index in [1.165, 1.54) is 5.38 Å². The van der Waals surface area contributed by atoms with Gasteiger partial charge in [0.2, 0.25) is 5.88 Å². The predicted octanol–water partition coefficient (Wildman–Crippen LogP) is 3.40. The second-order valence-electron chi connectivity index (χ2n) is 5.27. The number of hydrogen-bond acceptors (Lipinski definition) is 4. The summed E-state index contributed by atoms with van der Waals surface area (Å²) in [4.78, 5) is 24.7. The van der Waals surface area contributed by atoms with Crippen LogP contribution < -0.4 is 4.87 Å². The lowest BCUT2D eigenvalue weighted by atomic mass is 9.96. The van der Waals surface area contributed by atoms with Crippen molar-refractivity contribution in [3.8, 4) is 5.88 Å². The molecule has 1 unspecified atom stereocenters. The number of carbonyl (C=O) groups is 1. The van der Waals surface area contributed by atoms with Crippen molar-refractivity contribution in [2.75, 3.05) is 0 Å². The molecule has 0 saturated heterocycles. The van der Waals surface area contributed by atoms with E-state index in [0.29, 0.717) is 11.1 Å². The first-order chi connectivity index (χ1) is 11.1. The highest BCUT2D eigenvalue weighted by molar-refractivity contribution is 7.07. The summed E-state index contributed by atoms with van der Waals surface area (Å²) in [6.07, 6.45) is 0. The van der Waals surface area contributed by atoms with E-state index < -0.39 is 6.04 Å². The number of aromatic nitrogens is 1. The maximum Gasteiger partial charge on any atom is 0.310 e. The van der Waals surface area contributed by atoms with E-state index in [4.69, 9.17) is 0 Å². The largest absolute Gasteiger partial charge is 0.494 e. The molecule has 5 heteroatoms. The highest BCUT2D eigenvalue weighted by Crippen LogP contribution is 2.27. The Bertz CT molecular complexity index is 879. The number of benzene rings is 2. The first kappa shape index (κ1) is 15.2. The van der Waals surface area contributed by atoms with E-state index in [2.05, 4.69) is 0 Å². The van der Waals surface area contributed by atoms with Gasteiger partial charge in [-0.3, -0.25) is 14.2 Å². The molecule has 3 rings (SSSR count). The summed E-state index contributed by atoms with van der Waals surface area (Å²) in [6.45, 7) is 1.94. The summed E-state index contributed by atoms with van der Waals surface area (Å²) in [7, 11) is 0. The topological polar surface area (TPSA) is 59.3 Å². The van der Waals surface area contributed by atoms with Crippen LogP contribution in [0.25, 0.3) is 0 Å². The summed E-state index contributed by atoms with van der Waals surface area (Å²) >= 11 is 0.874. The Balaban J connectivity index is 2.15. The standard InChI is InChI=1S/C18H15NO3S/c1-12-7-9-14(10-8-12)17(21)16(13-5-3-2-4-6-13)19-15(20)11-23-18(19)22/h2-11,16,20H,1H3. The van der Waals surface area contributed by atoms with Crippen LogP contribution in [0.4, 0.5) is 0 Å². The predicted molar refractivity (Wildman–Crippen MR) is 90.3 cm³/mol. The number of Topliss-reactive ketones (excluding diaryl/α,β-unsaturated/α-hetero) is 1. The molecular weight excluding hydrogens is 310 g/mol. The number of carbonyl (C=O) groups excluding carboxylic acids is 1. The Morgan fingerprint density at radius 2 is 1.74 bits per heavy atom. The van der Waals surface area contributed by atoms with Gasteiger partial charge in [0.1, 0.15) is 6.04 Å². The Morgan fingerprint density at radius 3 is 2.30 bits per heavy atom. The number of aromatic hydroxyl groups is 1. The van der Waals surface area contributed by atoms with Gasteiger partial charge in [0, 0.05) is 5.56 Å². The molecule has 0 spiro atoms. The maximum absolute atomic E-state index is 13.0. The van der Waals surface area contributed by atoms with Crippen molar-refractivity contribution < 1.29 is 9.90 Å². The van der Waals surface area contributed by atoms with Gasteiger partial charge < -0.3 is 5.11 Å². The van der Waals surface area contributed by atoms with E-state index in [9.17, 15) is 14.7 Å². The molecule has 0 radical (unpaired) electrons. The molecule has 0 bridgehead atoms. The van der Waals surface area contributed by atoms with Crippen molar-refractivity contribution in [2.24, 2.45) is 0 Å². The van der Waals surface area contributed by atoms with Gasteiger partial charge in [0.05, 0.1) is 5.38 Å². The summed E-state index contributed by atoms with van der Waals surface area (Å²) in [5.74, 6) is -0.429. The minimum atomic E-state index is -0.877. The van der Waals surface area contributed by atoms with Crippen molar-refractivity contribution >= 4 is 17.1 Å². The number of thiazole rings is 1. The molecule has 23 heavy (non-hydrogen) atoms. The van der Waals surface area contributed by atoms with Gasteiger partial charge in [0.25, 0.3) is 0 Å². The first-order valence-corrected chi connectivity index (χ1v) is 8.00. The van der Waals surface area contributed by atoms with Crippen molar-refractivity contribution in [1.29, 1.82) is 0 Å². The summed E-state index contributed by atoms with van der Waals surface area (Å²) < 4.78 is 1.14. The van der Waals surface area contributed by atoms with Crippen LogP contribution in [-0.4, -0.2) is 15.5 Å². The molecule has 1 N–H and O–H groups in total. The molecule has 3 aromatic rings. The van der Waals surface area contributed by atoms with Crippen molar-refractivity contribution in [2.45, 2.75) is 13.0 Å². The average Bonchev–Trinajstić information content (AvgIpc) is 2.89. The first-order valence-electron chi connectivity index (χ1n) is 7.13. The fourth-order valence-corrected chi connectivity index (χ4v) is 3.11. The lowest BCUT2D eigenvalue weighted by Crippen LogP contribution is -2.27. The third kappa shape index (κ3) is 2.96. The molecule has 1 aromatic heterocycles. The van der Waals surface area contributed by atoms with Crippen molar-refractivity contribution in [3.05, 3.63) is 86.3 Å². The van der Waals surface area contributed by atoms with Crippen LogP contribution in [0.1, 0.15) is 27.5 Å². The number of aryl methyl sites for hydroxylation is 1. The van der Waals surface area contributed by atoms with Gasteiger partial charge in [-0.1, -0.05) is 71.5 Å². The number of ketones is 1. The van der Waals surface area contributed by atoms with Gasteiger partial charge in [-0.25, -0.2) is 0 Å². The molecule has 4 nitrogen and oxygen atoms in total. The molecule has 1 atom stereocenters. The molecule has 116 valence electrons. The monoisotopic (exact) mass is 325 g/mol. The summed E-state index contributed by atoms with van der Waals surface area (Å²) in [5.41, 5.74) is 2.21. The van der Waals surface area contributed by atoms with Gasteiger partial charge in [0.15, 0.2) is 5.78 Å². The lowest BCUT2D eigenvalue weighted by Gasteiger charge is -2.18. The Hall–Kier alpha value is -2.66. The number of hydrogen-bond donors (Lipinski definition) is 1. The molecule has 1 heterocycles. The van der Waals surface area contributed by atoms with Gasteiger partial charge in [-0.15, -0.1) is 0 Å². The van der Waals surface area contributed by atoms with E-state index in [1.807, 2.05) is 25.1 Å². The molecule has 0 saturated carbocycles. The zero-order valence-corrected chi connectivity index (χ0v) is 13.3. The van der Waals surface area contributed by atoms with Crippen LogP contribution in [-0.2, 0) is 0 Å². The van der Waals surface area contributed by atoms with E-state index in [0.717, 1.165) is 21.5 Å². The average molecular weight is 325 g/mol. The minimum Gasteiger partial charge on any atom is -0.494 e. The third-order valence-corrected chi connectivity index (χ3v) is 4.39. The van der Waals surface area contributed by atoms with Crippen molar-refractivity contribution in [1.82, 2.24) is 4.57 Å². The molecule has 0 fully saturated rings. The van der Waals surface area contributed by atoms with Crippen LogP contribution in [0, 0.1) is 6.92 Å². The number of nitrogens with zero attached hydrogens (tertiary/aromatic N) is 1. The van der Waals surface area contributed by atoms with Crippen LogP contribution in [0.5, 0.6) is 5.88 Å². The number of rotatable bonds is 4. The molecule has 0 aliphatic carbocycles. The fourth-order valence-electron chi connectivity index (χ4n) is 2.48. The smallest absolute Gasteiger partial charge is 0.310 e. The normalized spacial score (nSPS) is 12.0. The molecular formula is C18H15NO3S. The fraction of sp³-hybridized carbons (Fsp3) is 0.111. The summed E-state index contributed by atoms with van der Waals surface area (Å²) in [5, 5.41) is 11.4. The van der Waals surface area contributed by atoms with E-state index >= 15 is 0 Å². The second-order valence-corrected chi connectivity index (χ2v) is 6.09. The van der Waals surface area contributed by atoms with Gasteiger partial charge >= 0.3 is 4.87 Å². The van der Waals surface area contributed by atoms with Crippen LogP contribution in [0.2, 0.25) is 0 Å². The van der Waals surface area contributed by atoms with Crippen LogP contribution in [0.3, 0.4) is 0 Å². The zero-order chi connectivity index (χ0) is 16.4. The van der Waals surface area contributed by atoms with Crippen molar-refractivity contribution in [3.63, 3.8) is 0 Å². The highest BCUT2D eigenvalue weighted by Gasteiger charge is 2.27. The third-order valence-electron chi connectivity index (χ3n) is 3.67. The Labute approximate surface area is 137 Å². The minimum absolute atomic E-state index is 0.200. The highest BCUT2D eigenvalue weighted by atomic mass is 32.1. The zero-order valence-electron chi connectivity index (χ0n) is 12.5. The van der Waals surface area contributed by atoms with Crippen LogP contribution in [0.15, 0.2) is 64.8 Å². The molecule has 0 aliphatic rings. The Kier molecular flexibility index (Phi) is 4.12. The van der Waals surface area contributed by atoms with Gasteiger partial charge in [-0.05, 0) is 12.5 Å². The lowest BCUT2D eigenvalue weighted by molar-refractivity contribution is 0.0940. The molecule has 0 amide bonds. The maximum atomic E-state index is 13.0. The van der Waals surface area contributed by atoms with Gasteiger partial charge in [-0.2, -0.15) is 0 Å². The molecule has 0 aliphatic heterocycles. The quantitative estimate of drug-likeness (QED) is 0.748. The summed E-state index contributed by atoms with van der Waals surface area (Å²) in [6, 6.07) is 15.3. The van der Waals surface area contributed by atoms with E-state index in [1.54, 1.807) is 36.4 Å². The SMILES string of the molecule is Cc1ccc(C(=O)C(c2ccccc2)n2c(O)csc2=O)cc1. The van der Waals surface area contributed by atoms with Crippen LogP contribution >= 0.6 is 11.3 Å². The molecule has 2 aromatic carbocycles. The van der Waals surface area contributed by atoms with E-state index in [-0.39, 0.29) is 16.5 Å².